The highest BCUT2D eigenvalue weighted by molar-refractivity contribution is 7.38. The van der Waals surface area contributed by atoms with E-state index in [4.69, 9.17) is 0 Å². The zero-order valence-corrected chi connectivity index (χ0v) is 7.53. The van der Waals surface area contributed by atoms with Crippen molar-refractivity contribution in [3.8, 4) is 0 Å². The number of carbonyl (C=O) groups excluding carboxylic acids is 2. The van der Waals surface area contributed by atoms with Gasteiger partial charge in [-0.15, -0.1) is 0 Å². The number of ether oxygens (including phenoxy) is 1. The molecule has 0 fully saturated rings. The Bertz CT molecular complexity index is 183. The highest BCUT2D eigenvalue weighted by atomic mass is 31.1. The van der Waals surface area contributed by atoms with E-state index in [0.717, 1.165) is 0 Å². The van der Waals surface area contributed by atoms with Crippen LogP contribution >= 0.6 is 8.03 Å². The Morgan fingerprint density at radius 2 is 2.33 bits per heavy atom. The van der Waals surface area contributed by atoms with Gasteiger partial charge >= 0.3 is 6.09 Å². The molecule has 70 valence electrons. The second-order valence-electron chi connectivity index (χ2n) is 1.64. The van der Waals surface area contributed by atoms with Crippen LogP contribution in [-0.4, -0.2) is 25.5 Å². The fraction of sp³-hybridized carbons (Fsp3) is 0.600. The molecule has 6 nitrogen and oxygen atoms in total. The molecule has 0 aromatic heterocycles. The molecule has 1 N–H and O–H groups in total. The standard InChI is InChI=1S/C5H10NO5P/c1-2-11-12(9)4-10-5(8)6-3-7/h3,12H,2,4H2,1H3,(H,6,7,8). The fourth-order valence-corrected chi connectivity index (χ4v) is 1.07. The lowest BCUT2D eigenvalue weighted by atomic mass is 10.9. The number of alkyl carbamates (subject to hydrolysis) is 1. The van der Waals surface area contributed by atoms with Crippen LogP contribution in [0.4, 0.5) is 4.79 Å². The second kappa shape index (κ2) is 6.82. The van der Waals surface area contributed by atoms with Crippen molar-refractivity contribution in [3.05, 3.63) is 0 Å². The smallest absolute Gasteiger partial charge is 0.414 e. The lowest BCUT2D eigenvalue weighted by Crippen LogP contribution is -2.22. The minimum Gasteiger partial charge on any atom is -0.439 e. The predicted molar refractivity (Wildman–Crippen MR) is 41.2 cm³/mol. The average molecular weight is 195 g/mol. The van der Waals surface area contributed by atoms with E-state index in [1.807, 2.05) is 0 Å². The van der Waals surface area contributed by atoms with E-state index in [1.54, 1.807) is 12.2 Å². The summed E-state index contributed by atoms with van der Waals surface area (Å²) in [5, 5.41) is 1.72. The lowest BCUT2D eigenvalue weighted by molar-refractivity contribution is -0.109. The Morgan fingerprint density at radius 1 is 1.67 bits per heavy atom. The Kier molecular flexibility index (Phi) is 6.32. The van der Waals surface area contributed by atoms with Gasteiger partial charge in [-0.2, -0.15) is 0 Å². The topological polar surface area (TPSA) is 81.7 Å². The average Bonchev–Trinajstić information content (AvgIpc) is 2.02. The van der Waals surface area contributed by atoms with Gasteiger partial charge < -0.3 is 9.26 Å². The molecule has 0 bridgehead atoms. The Hall–Kier alpha value is -0.870. The first-order valence-electron chi connectivity index (χ1n) is 3.23. The Labute approximate surface area is 70.1 Å². The van der Waals surface area contributed by atoms with Crippen LogP contribution in [0.2, 0.25) is 0 Å². The predicted octanol–water partition coefficient (Wildman–Crippen LogP) is 0.338. The minimum atomic E-state index is -2.30. The van der Waals surface area contributed by atoms with Gasteiger partial charge in [0.1, 0.15) is 0 Å². The quantitative estimate of drug-likeness (QED) is 0.505. The maximum atomic E-state index is 10.7. The van der Waals surface area contributed by atoms with Crippen LogP contribution in [-0.2, 0) is 18.6 Å². The second-order valence-corrected chi connectivity index (χ2v) is 2.96. The van der Waals surface area contributed by atoms with Crippen LogP contribution in [0.25, 0.3) is 0 Å². The molecule has 0 aliphatic rings. The summed E-state index contributed by atoms with van der Waals surface area (Å²) in [4.78, 5) is 20.1. The Balaban J connectivity index is 3.46. The molecule has 12 heavy (non-hydrogen) atoms. The molecule has 0 rings (SSSR count). The summed E-state index contributed by atoms with van der Waals surface area (Å²) in [7, 11) is -2.30. The van der Waals surface area contributed by atoms with Crippen molar-refractivity contribution >= 4 is 20.5 Å². The summed E-state index contributed by atoms with van der Waals surface area (Å²) < 4.78 is 19.7. The van der Waals surface area contributed by atoms with Gasteiger partial charge in [0.2, 0.25) is 14.4 Å². The fourth-order valence-electron chi connectivity index (χ4n) is 0.417. The van der Waals surface area contributed by atoms with Gasteiger partial charge in [0.05, 0.1) is 6.61 Å². The zero-order valence-electron chi connectivity index (χ0n) is 6.53. The zero-order chi connectivity index (χ0) is 9.40. The first-order chi connectivity index (χ1) is 5.70. The van der Waals surface area contributed by atoms with Crippen LogP contribution in [0.3, 0.4) is 0 Å². The first-order valence-corrected chi connectivity index (χ1v) is 4.75. The molecule has 1 atom stereocenters. The molecule has 0 radical (unpaired) electrons. The van der Waals surface area contributed by atoms with Crippen LogP contribution in [0.5, 0.6) is 0 Å². The number of carbonyl (C=O) groups is 2. The van der Waals surface area contributed by atoms with Crippen LogP contribution in [0, 0.1) is 0 Å². The van der Waals surface area contributed by atoms with Crippen LogP contribution in [0.1, 0.15) is 6.92 Å². The molecule has 0 saturated carbocycles. The van der Waals surface area contributed by atoms with Crippen molar-refractivity contribution < 1.29 is 23.4 Å². The van der Waals surface area contributed by atoms with E-state index in [1.165, 1.54) is 0 Å². The van der Waals surface area contributed by atoms with Gasteiger partial charge in [0.25, 0.3) is 0 Å². The largest absolute Gasteiger partial charge is 0.439 e. The van der Waals surface area contributed by atoms with Crippen molar-refractivity contribution in [2.24, 2.45) is 0 Å². The molecule has 0 saturated heterocycles. The van der Waals surface area contributed by atoms with E-state index in [2.05, 4.69) is 9.26 Å². The molecule has 1 unspecified atom stereocenters. The molecule has 0 aromatic carbocycles. The van der Waals surface area contributed by atoms with Gasteiger partial charge in [0.15, 0.2) is 6.35 Å². The normalized spacial score (nSPS) is 11.8. The van der Waals surface area contributed by atoms with E-state index in [-0.39, 0.29) is 12.8 Å². The first kappa shape index (κ1) is 11.1. The molecule has 0 aromatic rings. The SMILES string of the molecule is CCO[PH](=O)COC(=O)NC=O. The number of hydrogen-bond acceptors (Lipinski definition) is 5. The van der Waals surface area contributed by atoms with Crippen LogP contribution in [0.15, 0.2) is 0 Å². The summed E-state index contributed by atoms with van der Waals surface area (Å²) >= 11 is 0. The number of nitrogens with one attached hydrogen (secondary N) is 1. The van der Waals surface area contributed by atoms with Crippen molar-refractivity contribution in [3.63, 3.8) is 0 Å². The summed E-state index contributed by atoms with van der Waals surface area (Å²) in [5.41, 5.74) is 0. The highest BCUT2D eigenvalue weighted by Crippen LogP contribution is 2.20. The summed E-state index contributed by atoms with van der Waals surface area (Å²) in [6.45, 7) is 1.98. The van der Waals surface area contributed by atoms with E-state index >= 15 is 0 Å². The molecule has 0 aliphatic heterocycles. The number of hydrogen-bond donors (Lipinski definition) is 1. The molecule has 7 heteroatoms. The van der Waals surface area contributed by atoms with Crippen molar-refractivity contribution in [2.75, 3.05) is 13.0 Å². The molecule has 0 aliphatic carbocycles. The minimum absolute atomic E-state index is 0.181. The van der Waals surface area contributed by atoms with Crippen LogP contribution < -0.4 is 5.32 Å². The van der Waals surface area contributed by atoms with Gasteiger partial charge in [-0.3, -0.25) is 14.7 Å². The maximum absolute atomic E-state index is 10.7. The van der Waals surface area contributed by atoms with Crippen molar-refractivity contribution in [1.82, 2.24) is 5.32 Å². The number of amides is 2. The van der Waals surface area contributed by atoms with Gasteiger partial charge in [-0.25, -0.2) is 4.79 Å². The monoisotopic (exact) mass is 195 g/mol. The summed E-state index contributed by atoms with van der Waals surface area (Å²) in [6.07, 6.45) is -1.05. The van der Waals surface area contributed by atoms with Gasteiger partial charge in [-0.1, -0.05) is 0 Å². The Morgan fingerprint density at radius 3 is 2.83 bits per heavy atom. The third-order valence-corrected chi connectivity index (χ3v) is 1.79. The molecular formula is C5H10NO5P. The van der Waals surface area contributed by atoms with Crippen molar-refractivity contribution in [1.29, 1.82) is 0 Å². The number of rotatable bonds is 5. The highest BCUT2D eigenvalue weighted by Gasteiger charge is 2.03. The molecular weight excluding hydrogens is 185 g/mol. The van der Waals surface area contributed by atoms with E-state index < -0.39 is 14.1 Å². The maximum Gasteiger partial charge on any atom is 0.414 e. The lowest BCUT2D eigenvalue weighted by Gasteiger charge is -2.02. The molecule has 0 spiro atoms. The number of imide groups is 1. The van der Waals surface area contributed by atoms with Gasteiger partial charge in [0, 0.05) is 0 Å². The van der Waals surface area contributed by atoms with Crippen molar-refractivity contribution in [2.45, 2.75) is 6.92 Å². The third kappa shape index (κ3) is 5.88. The molecule has 0 heterocycles. The van der Waals surface area contributed by atoms with E-state index in [0.29, 0.717) is 6.61 Å². The third-order valence-electron chi connectivity index (χ3n) is 0.803. The van der Waals surface area contributed by atoms with E-state index in [9.17, 15) is 14.2 Å². The summed E-state index contributed by atoms with van der Waals surface area (Å²) in [5.74, 6) is 0. The van der Waals surface area contributed by atoms with Gasteiger partial charge in [-0.05, 0) is 6.92 Å². The molecule has 2 amide bonds. The summed E-state index contributed by atoms with van der Waals surface area (Å²) in [6, 6.07) is 0.